The fraction of sp³-hybridized carbons (Fsp3) is 0.167. The molecule has 2 aromatic rings. The number of carboxylic acids is 1. The van der Waals surface area contributed by atoms with Gasteiger partial charge >= 0.3 is 0 Å². The minimum Gasteiger partial charge on any atom is -0.548 e. The first kappa shape index (κ1) is 17.4. The Morgan fingerprint density at radius 2 is 1.96 bits per heavy atom. The summed E-state index contributed by atoms with van der Waals surface area (Å²) in [5.41, 5.74) is 2.09. The lowest BCUT2D eigenvalue weighted by Gasteiger charge is -2.23. The van der Waals surface area contributed by atoms with E-state index in [1.165, 1.54) is 6.92 Å². The summed E-state index contributed by atoms with van der Waals surface area (Å²) >= 11 is 6.15. The van der Waals surface area contributed by atoms with Crippen LogP contribution in [-0.2, 0) is 9.59 Å². The number of thiocarbonyl (C=S) groups is 1. The number of amides is 1. The van der Waals surface area contributed by atoms with Gasteiger partial charge in [0.15, 0.2) is 0 Å². The summed E-state index contributed by atoms with van der Waals surface area (Å²) in [6.07, 6.45) is 1.57. The van der Waals surface area contributed by atoms with Crippen molar-refractivity contribution < 1.29 is 19.1 Å². The van der Waals surface area contributed by atoms with E-state index in [0.717, 1.165) is 27.8 Å². The second-order valence-electron chi connectivity index (χ2n) is 5.61. The molecule has 0 unspecified atom stereocenters. The summed E-state index contributed by atoms with van der Waals surface area (Å²) in [4.78, 5) is 24.8. The number of nitrogens with zero attached hydrogens (tertiary/aromatic N) is 1. The highest BCUT2D eigenvalue weighted by atomic mass is 32.2. The standard InChI is InChI=1S/C18H15NO4S2/c1-10-3-5-12(6-4-10)14-8-7-13(23-14)9-15-16(20)19(18(24)25-15)11(2)17(21)22/h3-9,11H,1-2H3,(H,21,22)/p-1/b15-9-/t11-/m0/s1. The first-order valence-electron chi connectivity index (χ1n) is 7.51. The zero-order chi connectivity index (χ0) is 18.1. The molecule has 0 bridgehead atoms. The van der Waals surface area contributed by atoms with Crippen LogP contribution >= 0.6 is 24.0 Å². The second kappa shape index (κ2) is 6.85. The van der Waals surface area contributed by atoms with E-state index in [1.807, 2.05) is 37.3 Å². The van der Waals surface area contributed by atoms with Gasteiger partial charge in [0.2, 0.25) is 0 Å². The highest BCUT2D eigenvalue weighted by Crippen LogP contribution is 2.34. The zero-order valence-electron chi connectivity index (χ0n) is 13.5. The summed E-state index contributed by atoms with van der Waals surface area (Å²) in [7, 11) is 0. The number of furan rings is 1. The van der Waals surface area contributed by atoms with Crippen LogP contribution in [0.1, 0.15) is 18.2 Å². The Hall–Kier alpha value is -2.38. The van der Waals surface area contributed by atoms with Gasteiger partial charge in [-0.3, -0.25) is 9.69 Å². The predicted octanol–water partition coefficient (Wildman–Crippen LogP) is 2.59. The van der Waals surface area contributed by atoms with Gasteiger partial charge in [0, 0.05) is 11.6 Å². The van der Waals surface area contributed by atoms with Crippen LogP contribution in [0.2, 0.25) is 0 Å². The highest BCUT2D eigenvalue weighted by molar-refractivity contribution is 8.26. The molecule has 1 aromatic heterocycles. The summed E-state index contributed by atoms with van der Waals surface area (Å²) in [5.74, 6) is -0.626. The number of carbonyl (C=O) groups is 2. The summed E-state index contributed by atoms with van der Waals surface area (Å²) < 4.78 is 5.96. The highest BCUT2D eigenvalue weighted by Gasteiger charge is 2.36. The molecule has 0 radical (unpaired) electrons. The van der Waals surface area contributed by atoms with E-state index in [1.54, 1.807) is 12.1 Å². The molecule has 1 fully saturated rings. The van der Waals surface area contributed by atoms with E-state index in [4.69, 9.17) is 16.6 Å². The third-order valence-electron chi connectivity index (χ3n) is 3.79. The number of hydrogen-bond acceptors (Lipinski definition) is 6. The quantitative estimate of drug-likeness (QED) is 0.607. The van der Waals surface area contributed by atoms with Crippen molar-refractivity contribution in [2.24, 2.45) is 0 Å². The number of aryl methyl sites for hydroxylation is 1. The molecule has 1 amide bonds. The lowest BCUT2D eigenvalue weighted by Crippen LogP contribution is -2.48. The lowest BCUT2D eigenvalue weighted by molar-refractivity contribution is -0.309. The number of carboxylic acid groups (broad SMARTS) is 1. The third-order valence-corrected chi connectivity index (χ3v) is 5.12. The van der Waals surface area contributed by atoms with Crippen LogP contribution in [0.15, 0.2) is 45.7 Å². The van der Waals surface area contributed by atoms with Crippen molar-refractivity contribution in [1.29, 1.82) is 0 Å². The van der Waals surface area contributed by atoms with Crippen molar-refractivity contribution in [3.05, 3.63) is 52.6 Å². The second-order valence-corrected chi connectivity index (χ2v) is 7.29. The number of carbonyl (C=O) groups excluding carboxylic acids is 2. The molecule has 0 aliphatic carbocycles. The average molecular weight is 372 g/mol. The van der Waals surface area contributed by atoms with Crippen molar-refractivity contribution >= 4 is 46.3 Å². The molecule has 7 heteroatoms. The molecular weight excluding hydrogens is 358 g/mol. The Morgan fingerprint density at radius 3 is 2.60 bits per heavy atom. The van der Waals surface area contributed by atoms with Crippen LogP contribution < -0.4 is 5.11 Å². The normalized spacial score (nSPS) is 17.4. The molecule has 0 saturated carbocycles. The van der Waals surface area contributed by atoms with Crippen LogP contribution in [0.4, 0.5) is 0 Å². The third kappa shape index (κ3) is 3.52. The Kier molecular flexibility index (Phi) is 4.78. The molecule has 1 aliphatic rings. The van der Waals surface area contributed by atoms with E-state index >= 15 is 0 Å². The van der Waals surface area contributed by atoms with E-state index in [0.29, 0.717) is 16.4 Å². The van der Waals surface area contributed by atoms with Crippen LogP contribution in [0.25, 0.3) is 17.4 Å². The Bertz CT molecular complexity index is 883. The number of aliphatic carboxylic acids is 1. The lowest BCUT2D eigenvalue weighted by atomic mass is 10.1. The molecule has 128 valence electrons. The molecule has 1 aliphatic heterocycles. The molecule has 1 atom stereocenters. The summed E-state index contributed by atoms with van der Waals surface area (Å²) in [5, 5.41) is 11.0. The van der Waals surface area contributed by atoms with Crippen LogP contribution in [-0.4, -0.2) is 27.1 Å². The van der Waals surface area contributed by atoms with Crippen molar-refractivity contribution in [2.45, 2.75) is 19.9 Å². The predicted molar refractivity (Wildman–Crippen MR) is 98.4 cm³/mol. The number of thioether (sulfide) groups is 1. The van der Waals surface area contributed by atoms with Gasteiger partial charge < -0.3 is 14.3 Å². The van der Waals surface area contributed by atoms with Crippen molar-refractivity contribution in [3.8, 4) is 11.3 Å². The summed E-state index contributed by atoms with van der Waals surface area (Å²) in [6.45, 7) is 3.37. The molecule has 0 N–H and O–H groups in total. The van der Waals surface area contributed by atoms with Gasteiger partial charge in [-0.1, -0.05) is 53.8 Å². The monoisotopic (exact) mass is 372 g/mol. The Balaban J connectivity index is 1.84. The molecule has 25 heavy (non-hydrogen) atoms. The van der Waals surface area contributed by atoms with E-state index in [-0.39, 0.29) is 4.32 Å². The van der Waals surface area contributed by atoms with E-state index in [9.17, 15) is 14.7 Å². The SMILES string of the molecule is Cc1ccc(-c2ccc(/C=C3\SC(=S)N([C@@H](C)C(=O)[O-])C3=O)o2)cc1. The van der Waals surface area contributed by atoms with Crippen LogP contribution in [0.3, 0.4) is 0 Å². The topological polar surface area (TPSA) is 73.6 Å². The van der Waals surface area contributed by atoms with Gasteiger partial charge in [0.05, 0.1) is 16.9 Å². The first-order valence-corrected chi connectivity index (χ1v) is 8.74. The van der Waals surface area contributed by atoms with Crippen molar-refractivity contribution in [3.63, 3.8) is 0 Å². The maximum Gasteiger partial charge on any atom is 0.266 e. The fourth-order valence-corrected chi connectivity index (χ4v) is 3.75. The maximum absolute atomic E-state index is 12.4. The largest absolute Gasteiger partial charge is 0.548 e. The number of benzene rings is 1. The van der Waals surface area contributed by atoms with Gasteiger partial charge in [-0.05, 0) is 26.0 Å². The molecule has 0 spiro atoms. The Labute approximate surface area is 154 Å². The number of hydrogen-bond donors (Lipinski definition) is 0. The van der Waals surface area contributed by atoms with Crippen molar-refractivity contribution in [1.82, 2.24) is 4.90 Å². The van der Waals surface area contributed by atoms with Gasteiger partial charge in [0.25, 0.3) is 5.91 Å². The fourth-order valence-electron chi connectivity index (χ4n) is 2.35. The van der Waals surface area contributed by atoms with Gasteiger partial charge in [-0.25, -0.2) is 0 Å². The number of rotatable bonds is 4. The van der Waals surface area contributed by atoms with Crippen LogP contribution in [0.5, 0.6) is 0 Å². The molecule has 3 rings (SSSR count). The Morgan fingerprint density at radius 1 is 1.28 bits per heavy atom. The molecular formula is C18H14NO4S2-. The maximum atomic E-state index is 12.4. The van der Waals surface area contributed by atoms with Gasteiger partial charge in [0.1, 0.15) is 15.8 Å². The molecule has 2 heterocycles. The van der Waals surface area contributed by atoms with Gasteiger partial charge in [-0.2, -0.15) is 0 Å². The van der Waals surface area contributed by atoms with E-state index < -0.39 is 17.9 Å². The summed E-state index contributed by atoms with van der Waals surface area (Å²) in [6, 6.07) is 10.4. The molecule has 1 saturated heterocycles. The zero-order valence-corrected chi connectivity index (χ0v) is 15.1. The average Bonchev–Trinajstić information content (AvgIpc) is 3.13. The molecule has 5 nitrogen and oxygen atoms in total. The minimum absolute atomic E-state index is 0.193. The van der Waals surface area contributed by atoms with Crippen LogP contribution in [0, 0.1) is 6.92 Å². The molecule has 1 aromatic carbocycles. The minimum atomic E-state index is -1.35. The first-order chi connectivity index (χ1) is 11.9. The van der Waals surface area contributed by atoms with Crippen molar-refractivity contribution in [2.75, 3.05) is 0 Å². The smallest absolute Gasteiger partial charge is 0.266 e. The van der Waals surface area contributed by atoms with E-state index in [2.05, 4.69) is 0 Å². The van der Waals surface area contributed by atoms with Gasteiger partial charge in [-0.15, -0.1) is 0 Å².